The van der Waals surface area contributed by atoms with Crippen LogP contribution in [0.1, 0.15) is 44.3 Å². The summed E-state index contributed by atoms with van der Waals surface area (Å²) in [4.78, 5) is 0. The lowest BCUT2D eigenvalue weighted by molar-refractivity contribution is 0.338. The lowest BCUT2D eigenvalue weighted by Gasteiger charge is -2.20. The molecule has 3 nitrogen and oxygen atoms in total. The smallest absolute Gasteiger partial charge is 0.122 e. The number of nitrogens with zero attached hydrogens (tertiary/aromatic N) is 2. The lowest BCUT2D eigenvalue weighted by Crippen LogP contribution is -2.17. The van der Waals surface area contributed by atoms with Crippen molar-refractivity contribution in [2.45, 2.75) is 45.6 Å². The van der Waals surface area contributed by atoms with Crippen molar-refractivity contribution in [3.8, 4) is 0 Å². The van der Waals surface area contributed by atoms with E-state index in [-0.39, 0.29) is 0 Å². The monoisotopic (exact) mass is 193 g/mol. The minimum atomic E-state index is 0.464. The maximum Gasteiger partial charge on any atom is 0.122 e. The summed E-state index contributed by atoms with van der Waals surface area (Å²) >= 11 is 0. The number of rotatable bonds is 2. The Morgan fingerprint density at radius 3 is 2.64 bits per heavy atom. The third kappa shape index (κ3) is 1.63. The maximum atomic E-state index is 5.91. The Kier molecular flexibility index (Phi) is 2.48. The predicted octanol–water partition coefficient (Wildman–Crippen LogP) is 2.52. The first-order valence-corrected chi connectivity index (χ1v) is 5.50. The van der Waals surface area contributed by atoms with Crippen molar-refractivity contribution in [1.82, 2.24) is 9.78 Å². The number of hydrogen-bond acceptors (Lipinski definition) is 2. The second kappa shape index (κ2) is 3.64. The first-order chi connectivity index (χ1) is 6.68. The van der Waals surface area contributed by atoms with Gasteiger partial charge in [-0.15, -0.1) is 0 Å². The highest BCUT2D eigenvalue weighted by Crippen LogP contribution is 2.34. The molecule has 78 valence electrons. The average molecular weight is 193 g/mol. The molecule has 0 amide bonds. The van der Waals surface area contributed by atoms with Crippen molar-refractivity contribution in [3.05, 3.63) is 11.8 Å². The quantitative estimate of drug-likeness (QED) is 0.784. The second-order valence-electron chi connectivity index (χ2n) is 4.44. The fourth-order valence-corrected chi connectivity index (χ4v) is 2.50. The molecule has 1 atom stereocenters. The van der Waals surface area contributed by atoms with Gasteiger partial charge in [-0.1, -0.05) is 12.8 Å². The maximum absolute atomic E-state index is 5.91. The zero-order chi connectivity index (χ0) is 10.1. The van der Waals surface area contributed by atoms with Crippen molar-refractivity contribution >= 4 is 5.82 Å². The van der Waals surface area contributed by atoms with Crippen LogP contribution in [0.2, 0.25) is 0 Å². The van der Waals surface area contributed by atoms with Crippen LogP contribution in [-0.2, 0) is 0 Å². The highest BCUT2D eigenvalue weighted by Gasteiger charge is 2.24. The van der Waals surface area contributed by atoms with Gasteiger partial charge in [0, 0.05) is 6.07 Å². The number of hydrogen-bond donors (Lipinski definition) is 1. The van der Waals surface area contributed by atoms with E-state index in [9.17, 15) is 0 Å². The predicted molar refractivity (Wildman–Crippen MR) is 58.0 cm³/mol. The summed E-state index contributed by atoms with van der Waals surface area (Å²) in [6.45, 7) is 4.23. The van der Waals surface area contributed by atoms with E-state index in [4.69, 9.17) is 5.73 Å². The van der Waals surface area contributed by atoms with E-state index in [1.54, 1.807) is 0 Å². The van der Waals surface area contributed by atoms with Gasteiger partial charge in [0.15, 0.2) is 0 Å². The minimum absolute atomic E-state index is 0.464. The van der Waals surface area contributed by atoms with Gasteiger partial charge in [-0.2, -0.15) is 5.10 Å². The van der Waals surface area contributed by atoms with Crippen LogP contribution in [0.15, 0.2) is 6.07 Å². The number of aryl methyl sites for hydroxylation is 1. The number of aromatic nitrogens is 2. The second-order valence-corrected chi connectivity index (χ2v) is 4.44. The van der Waals surface area contributed by atoms with Gasteiger partial charge in [-0.25, -0.2) is 4.68 Å². The Hall–Kier alpha value is -0.990. The Bertz CT molecular complexity index is 310. The van der Waals surface area contributed by atoms with Crippen molar-refractivity contribution in [2.75, 3.05) is 5.73 Å². The van der Waals surface area contributed by atoms with Crippen LogP contribution in [0, 0.1) is 12.8 Å². The van der Waals surface area contributed by atoms with Gasteiger partial charge >= 0.3 is 0 Å². The molecule has 0 aromatic carbocycles. The van der Waals surface area contributed by atoms with E-state index in [1.807, 2.05) is 17.7 Å². The number of anilines is 1. The van der Waals surface area contributed by atoms with Crippen LogP contribution in [0.4, 0.5) is 5.82 Å². The Balaban J connectivity index is 2.17. The Labute approximate surface area is 85.3 Å². The van der Waals surface area contributed by atoms with Gasteiger partial charge in [0.25, 0.3) is 0 Å². The van der Waals surface area contributed by atoms with Crippen molar-refractivity contribution in [1.29, 1.82) is 0 Å². The zero-order valence-corrected chi connectivity index (χ0v) is 9.03. The summed E-state index contributed by atoms with van der Waals surface area (Å²) in [6, 6.07) is 2.41. The van der Waals surface area contributed by atoms with Crippen LogP contribution in [0.25, 0.3) is 0 Å². The van der Waals surface area contributed by atoms with Crippen LogP contribution in [0.5, 0.6) is 0 Å². The standard InChI is InChI=1S/C11H19N3/c1-8-7-11(12)14(13-8)9(2)10-5-3-4-6-10/h7,9-10H,3-6,12H2,1-2H3. The summed E-state index contributed by atoms with van der Waals surface area (Å²) < 4.78 is 1.99. The Morgan fingerprint density at radius 2 is 2.14 bits per heavy atom. The van der Waals surface area contributed by atoms with E-state index in [2.05, 4.69) is 12.0 Å². The molecular weight excluding hydrogens is 174 g/mol. The molecule has 0 saturated heterocycles. The molecule has 1 heterocycles. The third-order valence-electron chi connectivity index (χ3n) is 3.35. The first-order valence-electron chi connectivity index (χ1n) is 5.50. The zero-order valence-electron chi connectivity index (χ0n) is 9.03. The molecule has 2 N–H and O–H groups in total. The van der Waals surface area contributed by atoms with E-state index in [0.29, 0.717) is 6.04 Å². The largest absolute Gasteiger partial charge is 0.384 e. The van der Waals surface area contributed by atoms with Crippen molar-refractivity contribution < 1.29 is 0 Å². The molecule has 2 rings (SSSR count). The molecular formula is C11H19N3. The van der Waals surface area contributed by atoms with Gasteiger partial charge < -0.3 is 5.73 Å². The summed E-state index contributed by atoms with van der Waals surface area (Å²) in [5.74, 6) is 1.58. The van der Waals surface area contributed by atoms with Gasteiger partial charge in [-0.05, 0) is 32.6 Å². The summed E-state index contributed by atoms with van der Waals surface area (Å²) in [6.07, 6.45) is 5.41. The van der Waals surface area contributed by atoms with Gasteiger partial charge in [0.2, 0.25) is 0 Å². The SMILES string of the molecule is Cc1cc(N)n(C(C)C2CCCC2)n1. The molecule has 0 bridgehead atoms. The molecule has 1 aliphatic carbocycles. The molecule has 3 heteroatoms. The van der Waals surface area contributed by atoms with E-state index >= 15 is 0 Å². The van der Waals surface area contributed by atoms with E-state index < -0.39 is 0 Å². The van der Waals surface area contributed by atoms with E-state index in [1.165, 1.54) is 25.7 Å². The molecule has 0 aliphatic heterocycles. The molecule has 1 aliphatic rings. The highest BCUT2D eigenvalue weighted by atomic mass is 15.3. The highest BCUT2D eigenvalue weighted by molar-refractivity contribution is 5.30. The summed E-state index contributed by atoms with van der Waals surface area (Å²) in [7, 11) is 0. The van der Waals surface area contributed by atoms with Crippen LogP contribution >= 0.6 is 0 Å². The fourth-order valence-electron chi connectivity index (χ4n) is 2.50. The summed E-state index contributed by atoms with van der Waals surface area (Å²) in [5, 5.41) is 4.45. The number of nitrogens with two attached hydrogens (primary N) is 1. The lowest BCUT2D eigenvalue weighted by atomic mass is 10.0. The normalized spacial score (nSPS) is 20.1. The van der Waals surface area contributed by atoms with E-state index in [0.717, 1.165) is 17.4 Å². The van der Waals surface area contributed by atoms with Crippen LogP contribution in [0.3, 0.4) is 0 Å². The third-order valence-corrected chi connectivity index (χ3v) is 3.35. The minimum Gasteiger partial charge on any atom is -0.384 e. The van der Waals surface area contributed by atoms with Gasteiger partial charge in [-0.3, -0.25) is 0 Å². The van der Waals surface area contributed by atoms with Crippen molar-refractivity contribution in [2.24, 2.45) is 5.92 Å². The van der Waals surface area contributed by atoms with Crippen LogP contribution in [-0.4, -0.2) is 9.78 Å². The van der Waals surface area contributed by atoms with Crippen molar-refractivity contribution in [3.63, 3.8) is 0 Å². The molecule has 1 fully saturated rings. The molecule has 1 aromatic heterocycles. The first kappa shape index (κ1) is 9.56. The molecule has 1 saturated carbocycles. The fraction of sp³-hybridized carbons (Fsp3) is 0.727. The van der Waals surface area contributed by atoms with Gasteiger partial charge in [0.05, 0.1) is 11.7 Å². The topological polar surface area (TPSA) is 43.8 Å². The Morgan fingerprint density at radius 1 is 1.50 bits per heavy atom. The van der Waals surface area contributed by atoms with Gasteiger partial charge in [0.1, 0.15) is 5.82 Å². The molecule has 14 heavy (non-hydrogen) atoms. The molecule has 1 aromatic rings. The molecule has 0 radical (unpaired) electrons. The number of nitrogen functional groups attached to an aromatic ring is 1. The summed E-state index contributed by atoms with van der Waals surface area (Å²) in [5.41, 5.74) is 6.93. The molecule has 1 unspecified atom stereocenters. The average Bonchev–Trinajstić information content (AvgIpc) is 2.73. The molecule has 0 spiro atoms. The van der Waals surface area contributed by atoms with Crippen LogP contribution < -0.4 is 5.73 Å².